The van der Waals surface area contributed by atoms with Crippen LogP contribution < -0.4 is 0 Å². The molecule has 2 aromatic carbocycles. The monoisotopic (exact) mass is 441 g/mol. The molecule has 0 aliphatic rings. The molecular weight excluding hydrogens is 406 g/mol. The summed E-state index contributed by atoms with van der Waals surface area (Å²) in [5.74, 6) is 0.973. The summed E-state index contributed by atoms with van der Waals surface area (Å²) in [7, 11) is 0. The number of rotatable bonds is 4. The molecule has 0 amide bonds. The number of pyridine rings is 1. The topological polar surface area (TPSA) is 12.9 Å². The maximum absolute atomic E-state index is 5.12. The van der Waals surface area contributed by atoms with Gasteiger partial charge in [0.25, 0.3) is 0 Å². The molecule has 2 aromatic heterocycles. The predicted octanol–water partition coefficient (Wildman–Crippen LogP) is 9.48. The maximum Gasteiger partial charge on any atom is 0.124 e. The molecule has 0 radical (unpaired) electrons. The van der Waals surface area contributed by atoms with Gasteiger partial charge in [-0.15, -0.1) is 11.3 Å². The summed E-state index contributed by atoms with van der Waals surface area (Å²) in [6.07, 6.45) is 0. The number of fused-ring (bicyclic) bond motifs is 1. The lowest BCUT2D eigenvalue weighted by Gasteiger charge is -2.20. The molecule has 4 rings (SSSR count). The van der Waals surface area contributed by atoms with Gasteiger partial charge in [-0.2, -0.15) is 0 Å². The van der Waals surface area contributed by atoms with E-state index < -0.39 is 0 Å². The van der Waals surface area contributed by atoms with E-state index in [4.69, 9.17) is 4.98 Å². The fraction of sp³-hybridized carbons (Fsp3) is 0.367. The van der Waals surface area contributed by atoms with Gasteiger partial charge in [0.1, 0.15) is 4.83 Å². The highest BCUT2D eigenvalue weighted by Gasteiger charge is 2.19. The van der Waals surface area contributed by atoms with Crippen molar-refractivity contribution in [1.29, 1.82) is 0 Å². The van der Waals surface area contributed by atoms with E-state index in [0.29, 0.717) is 11.8 Å². The van der Waals surface area contributed by atoms with Crippen LogP contribution in [0.25, 0.3) is 31.9 Å². The van der Waals surface area contributed by atoms with Crippen molar-refractivity contribution in [2.45, 2.75) is 72.6 Å². The molecule has 2 heteroatoms. The number of hydrogen-bond acceptors (Lipinski definition) is 2. The van der Waals surface area contributed by atoms with E-state index in [0.717, 1.165) is 10.5 Å². The lowest BCUT2D eigenvalue weighted by Crippen LogP contribution is -2.11. The summed E-state index contributed by atoms with van der Waals surface area (Å²) in [5, 5.41) is 1.23. The standard InChI is InChI=1S/C30H35NS/c1-18(2)24-10-9-11-25(19(3)4)28(24)27-17-21-12-13-26(31-29(21)32-27)22-14-20(5)15-23(16-22)30(6,7)8/h9-19H,1-8H3. The summed E-state index contributed by atoms with van der Waals surface area (Å²) >= 11 is 1.83. The van der Waals surface area contributed by atoms with Crippen LogP contribution in [0.1, 0.15) is 82.6 Å². The average molecular weight is 442 g/mol. The van der Waals surface area contributed by atoms with Gasteiger partial charge in [-0.25, -0.2) is 4.98 Å². The van der Waals surface area contributed by atoms with Crippen molar-refractivity contribution < 1.29 is 0 Å². The third-order valence-electron chi connectivity index (χ3n) is 6.24. The molecule has 0 aliphatic carbocycles. The van der Waals surface area contributed by atoms with Crippen molar-refractivity contribution in [3.05, 3.63) is 76.9 Å². The van der Waals surface area contributed by atoms with Gasteiger partial charge >= 0.3 is 0 Å². The minimum atomic E-state index is 0.120. The van der Waals surface area contributed by atoms with E-state index >= 15 is 0 Å². The Kier molecular flexibility index (Phi) is 6.02. The lowest BCUT2D eigenvalue weighted by molar-refractivity contribution is 0.590. The Balaban J connectivity index is 1.86. The first-order chi connectivity index (χ1) is 15.0. The van der Waals surface area contributed by atoms with Crippen LogP contribution in [0.3, 0.4) is 0 Å². The van der Waals surface area contributed by atoms with E-state index in [1.165, 1.54) is 43.6 Å². The molecule has 0 atom stereocenters. The smallest absolute Gasteiger partial charge is 0.124 e. The van der Waals surface area contributed by atoms with Crippen molar-refractivity contribution in [3.63, 3.8) is 0 Å². The predicted molar refractivity (Wildman–Crippen MR) is 142 cm³/mol. The number of thiophene rings is 1. The molecule has 1 nitrogen and oxygen atoms in total. The van der Waals surface area contributed by atoms with E-state index in [1.54, 1.807) is 0 Å². The van der Waals surface area contributed by atoms with E-state index in [9.17, 15) is 0 Å². The highest BCUT2D eigenvalue weighted by Crippen LogP contribution is 2.41. The summed E-state index contributed by atoms with van der Waals surface area (Å²) in [4.78, 5) is 7.57. The van der Waals surface area contributed by atoms with Crippen molar-refractivity contribution in [3.8, 4) is 21.7 Å². The Labute approximate surface area is 197 Å². The molecule has 0 unspecified atom stereocenters. The fourth-order valence-electron chi connectivity index (χ4n) is 4.40. The van der Waals surface area contributed by atoms with Crippen LogP contribution in [0, 0.1) is 6.92 Å². The number of nitrogens with zero attached hydrogens (tertiary/aromatic N) is 1. The first-order valence-corrected chi connectivity index (χ1v) is 12.5. The molecule has 32 heavy (non-hydrogen) atoms. The SMILES string of the molecule is Cc1cc(-c2ccc3cc(-c4c(C(C)C)cccc4C(C)C)sc3n2)cc(C(C)(C)C)c1. The van der Waals surface area contributed by atoms with Gasteiger partial charge in [0, 0.05) is 15.8 Å². The lowest BCUT2D eigenvalue weighted by atomic mass is 9.85. The number of hydrogen-bond donors (Lipinski definition) is 0. The zero-order chi connectivity index (χ0) is 23.2. The molecule has 166 valence electrons. The molecule has 0 N–H and O–H groups in total. The first-order valence-electron chi connectivity index (χ1n) is 11.7. The quantitative estimate of drug-likeness (QED) is 0.307. The summed E-state index contributed by atoms with van der Waals surface area (Å²) < 4.78 is 0. The Bertz CT molecular complexity index is 1240. The van der Waals surface area contributed by atoms with Gasteiger partial charge in [0.2, 0.25) is 0 Å². The zero-order valence-electron chi connectivity index (χ0n) is 20.7. The fourth-order valence-corrected chi connectivity index (χ4v) is 5.52. The van der Waals surface area contributed by atoms with Gasteiger partial charge in [0.15, 0.2) is 0 Å². The molecule has 4 aromatic rings. The van der Waals surface area contributed by atoms with Crippen molar-refractivity contribution in [1.82, 2.24) is 4.98 Å². The third kappa shape index (κ3) is 4.38. The largest absolute Gasteiger partial charge is 0.237 e. The van der Waals surface area contributed by atoms with Crippen LogP contribution in [0.15, 0.2) is 54.6 Å². The first kappa shape index (κ1) is 22.7. The second-order valence-electron chi connectivity index (χ2n) is 10.7. The molecule has 0 saturated heterocycles. The minimum absolute atomic E-state index is 0.120. The molecule has 0 fully saturated rings. The van der Waals surface area contributed by atoms with Crippen molar-refractivity contribution in [2.75, 3.05) is 0 Å². The van der Waals surface area contributed by atoms with Crippen molar-refractivity contribution in [2.24, 2.45) is 0 Å². The Morgan fingerprint density at radius 1 is 0.812 bits per heavy atom. The summed E-state index contributed by atoms with van der Waals surface area (Å²) in [6.45, 7) is 18.1. The molecule has 2 heterocycles. The Hall–Kier alpha value is -2.45. The normalized spacial score (nSPS) is 12.3. The Morgan fingerprint density at radius 3 is 2.06 bits per heavy atom. The number of benzene rings is 2. The molecule has 0 aliphatic heterocycles. The highest BCUT2D eigenvalue weighted by atomic mass is 32.1. The molecule has 0 spiro atoms. The average Bonchev–Trinajstić information content (AvgIpc) is 3.15. The minimum Gasteiger partial charge on any atom is -0.237 e. The van der Waals surface area contributed by atoms with Crippen LogP contribution in [-0.2, 0) is 5.41 Å². The van der Waals surface area contributed by atoms with Crippen LogP contribution in [0.2, 0.25) is 0 Å². The van der Waals surface area contributed by atoms with E-state index in [2.05, 4.69) is 110 Å². The van der Waals surface area contributed by atoms with Gasteiger partial charge in [-0.1, -0.05) is 78.3 Å². The van der Waals surface area contributed by atoms with Crippen molar-refractivity contribution >= 4 is 21.6 Å². The van der Waals surface area contributed by atoms with Crippen LogP contribution >= 0.6 is 11.3 Å². The Morgan fingerprint density at radius 2 is 1.47 bits per heavy atom. The molecule has 0 saturated carbocycles. The van der Waals surface area contributed by atoms with Crippen LogP contribution in [0.4, 0.5) is 0 Å². The van der Waals surface area contributed by atoms with E-state index in [-0.39, 0.29) is 5.41 Å². The maximum atomic E-state index is 5.12. The molecule has 0 bridgehead atoms. The van der Waals surface area contributed by atoms with Gasteiger partial charge in [-0.3, -0.25) is 0 Å². The highest BCUT2D eigenvalue weighted by molar-refractivity contribution is 7.21. The van der Waals surface area contributed by atoms with E-state index in [1.807, 2.05) is 11.3 Å². The van der Waals surface area contributed by atoms with Crippen LogP contribution in [-0.4, -0.2) is 4.98 Å². The zero-order valence-corrected chi connectivity index (χ0v) is 21.5. The second-order valence-corrected chi connectivity index (χ2v) is 11.7. The number of aromatic nitrogens is 1. The van der Waals surface area contributed by atoms with Gasteiger partial charge < -0.3 is 0 Å². The summed E-state index contributed by atoms with van der Waals surface area (Å²) in [5.41, 5.74) is 9.29. The molecular formula is C30H35NS. The second kappa shape index (κ2) is 8.48. The summed E-state index contributed by atoms with van der Waals surface area (Å²) in [6, 6.07) is 20.4. The van der Waals surface area contributed by atoms with Crippen LogP contribution in [0.5, 0.6) is 0 Å². The number of aryl methyl sites for hydroxylation is 1. The van der Waals surface area contributed by atoms with Gasteiger partial charge in [-0.05, 0) is 76.8 Å². The third-order valence-corrected chi connectivity index (χ3v) is 7.30. The van der Waals surface area contributed by atoms with Gasteiger partial charge in [0.05, 0.1) is 5.69 Å².